The minimum absolute atomic E-state index is 0.117. The molecular weight excluding hydrogens is 468 g/mol. The zero-order valence-electron chi connectivity index (χ0n) is 24.1. The smallest absolute Gasteiger partial charge is 0.000705 e. The minimum atomic E-state index is 0.117. The molecule has 0 spiro atoms. The zero-order chi connectivity index (χ0) is 27.4. The summed E-state index contributed by atoms with van der Waals surface area (Å²) in [7, 11) is 0. The predicted molar refractivity (Wildman–Crippen MR) is 168 cm³/mol. The summed E-state index contributed by atoms with van der Waals surface area (Å²) in [5.41, 5.74) is 16.4. The van der Waals surface area contributed by atoms with Gasteiger partial charge in [0.15, 0.2) is 0 Å². The third-order valence-electron chi connectivity index (χ3n) is 8.27. The third kappa shape index (κ3) is 4.63. The highest BCUT2D eigenvalue weighted by Gasteiger charge is 2.27. The van der Waals surface area contributed by atoms with Crippen molar-refractivity contribution < 1.29 is 0 Å². The Kier molecular flexibility index (Phi) is 6.11. The zero-order valence-corrected chi connectivity index (χ0v) is 24.1. The first-order valence-electron chi connectivity index (χ1n) is 14.2. The van der Waals surface area contributed by atoms with E-state index in [4.69, 9.17) is 0 Å². The van der Waals surface area contributed by atoms with Crippen molar-refractivity contribution in [1.82, 2.24) is 0 Å². The summed E-state index contributed by atoms with van der Waals surface area (Å²) in [5, 5.41) is 0. The normalized spacial score (nSPS) is 12.8. The molecule has 0 heteroatoms. The van der Waals surface area contributed by atoms with E-state index in [-0.39, 0.29) is 10.8 Å². The van der Waals surface area contributed by atoms with Gasteiger partial charge in [0.2, 0.25) is 0 Å². The quantitative estimate of drug-likeness (QED) is 0.224. The summed E-state index contributed by atoms with van der Waals surface area (Å²) in [6.45, 7) is 13.7. The van der Waals surface area contributed by atoms with Gasteiger partial charge in [0, 0.05) is 0 Å². The molecule has 1 aliphatic carbocycles. The highest BCUT2D eigenvalue weighted by molar-refractivity contribution is 6.01. The van der Waals surface area contributed by atoms with Crippen LogP contribution in [0.2, 0.25) is 0 Å². The Morgan fingerprint density at radius 2 is 0.949 bits per heavy atom. The van der Waals surface area contributed by atoms with Gasteiger partial charge in [0.25, 0.3) is 0 Å². The first kappa shape index (κ1) is 25.4. The Balaban J connectivity index is 1.68. The van der Waals surface area contributed by atoms with E-state index in [1.807, 2.05) is 0 Å². The SMILES string of the molecule is CC(C)(C)c1ccc(-c2cc3c(c(-c4ccccc4)c2-c2ccc(C(C)(C)C)cc2)Cc2ccccc2-3)cc1. The first-order chi connectivity index (χ1) is 18.6. The second-order valence-electron chi connectivity index (χ2n) is 13.1. The predicted octanol–water partition coefficient (Wildman–Crippen LogP) is 10.9. The molecule has 0 N–H and O–H groups in total. The molecule has 0 amide bonds. The maximum absolute atomic E-state index is 2.46. The van der Waals surface area contributed by atoms with Crippen LogP contribution in [0.1, 0.15) is 63.8 Å². The molecule has 194 valence electrons. The van der Waals surface area contributed by atoms with Gasteiger partial charge >= 0.3 is 0 Å². The number of rotatable bonds is 3. The van der Waals surface area contributed by atoms with Crippen LogP contribution in [0.5, 0.6) is 0 Å². The summed E-state index contributed by atoms with van der Waals surface area (Å²) >= 11 is 0. The first-order valence-corrected chi connectivity index (χ1v) is 14.2. The van der Waals surface area contributed by atoms with Gasteiger partial charge in [-0.25, -0.2) is 0 Å². The van der Waals surface area contributed by atoms with E-state index in [2.05, 4.69) is 151 Å². The van der Waals surface area contributed by atoms with E-state index >= 15 is 0 Å². The number of hydrogen-bond acceptors (Lipinski definition) is 0. The van der Waals surface area contributed by atoms with Crippen LogP contribution in [0.15, 0.2) is 109 Å². The second-order valence-corrected chi connectivity index (χ2v) is 13.1. The van der Waals surface area contributed by atoms with E-state index in [0.29, 0.717) is 0 Å². The van der Waals surface area contributed by atoms with E-state index in [1.54, 1.807) is 0 Å². The molecule has 0 aromatic heterocycles. The Labute approximate surface area is 234 Å². The Morgan fingerprint density at radius 3 is 1.54 bits per heavy atom. The molecule has 0 bridgehead atoms. The van der Waals surface area contributed by atoms with E-state index < -0.39 is 0 Å². The standard InChI is InChI=1S/C39H38/c1-38(2,3)30-20-16-26(17-21-30)33-25-34-32-15-11-10-14-29(32)24-35(34)37(27-12-8-7-9-13-27)36(33)28-18-22-31(23-19-28)39(4,5)6/h7-23,25H,24H2,1-6H3. The van der Waals surface area contributed by atoms with Gasteiger partial charge in [0.1, 0.15) is 0 Å². The van der Waals surface area contributed by atoms with Crippen molar-refractivity contribution in [3.05, 3.63) is 131 Å². The van der Waals surface area contributed by atoms with Crippen LogP contribution in [-0.4, -0.2) is 0 Å². The van der Waals surface area contributed by atoms with Gasteiger partial charge in [0.05, 0.1) is 0 Å². The Morgan fingerprint density at radius 1 is 0.436 bits per heavy atom. The molecule has 1 aliphatic rings. The maximum atomic E-state index is 2.46. The molecule has 0 atom stereocenters. The van der Waals surface area contributed by atoms with Gasteiger partial charge in [-0.3, -0.25) is 0 Å². The average molecular weight is 507 g/mol. The Bertz CT molecular complexity index is 1640. The van der Waals surface area contributed by atoms with Crippen molar-refractivity contribution in [2.75, 3.05) is 0 Å². The summed E-state index contributed by atoms with van der Waals surface area (Å²) in [5.74, 6) is 0. The van der Waals surface area contributed by atoms with Crippen LogP contribution in [0.4, 0.5) is 0 Å². The lowest BCUT2D eigenvalue weighted by Crippen LogP contribution is -2.10. The van der Waals surface area contributed by atoms with E-state index in [9.17, 15) is 0 Å². The molecular formula is C39H38. The molecule has 0 nitrogen and oxygen atoms in total. The average Bonchev–Trinajstić information content (AvgIpc) is 3.30. The topological polar surface area (TPSA) is 0 Å². The van der Waals surface area contributed by atoms with Gasteiger partial charge in [-0.1, -0.05) is 145 Å². The molecule has 0 heterocycles. The van der Waals surface area contributed by atoms with Crippen molar-refractivity contribution in [3.63, 3.8) is 0 Å². The maximum Gasteiger partial charge on any atom is -0.000705 e. The molecule has 0 aliphatic heterocycles. The van der Waals surface area contributed by atoms with Gasteiger partial charge in [-0.05, 0) is 90.1 Å². The van der Waals surface area contributed by atoms with Crippen molar-refractivity contribution in [2.24, 2.45) is 0 Å². The fraction of sp³-hybridized carbons (Fsp3) is 0.231. The molecule has 0 fully saturated rings. The van der Waals surface area contributed by atoms with Crippen LogP contribution in [0, 0.1) is 0 Å². The summed E-state index contributed by atoms with van der Waals surface area (Å²) in [4.78, 5) is 0. The number of benzene rings is 5. The van der Waals surface area contributed by atoms with Crippen LogP contribution in [-0.2, 0) is 17.3 Å². The monoisotopic (exact) mass is 506 g/mol. The fourth-order valence-corrected chi connectivity index (χ4v) is 6.01. The number of hydrogen-bond donors (Lipinski definition) is 0. The molecule has 0 radical (unpaired) electrons. The molecule has 39 heavy (non-hydrogen) atoms. The molecule has 0 saturated carbocycles. The van der Waals surface area contributed by atoms with Gasteiger partial charge in [-0.2, -0.15) is 0 Å². The van der Waals surface area contributed by atoms with Crippen molar-refractivity contribution in [3.8, 4) is 44.5 Å². The number of fused-ring (bicyclic) bond motifs is 3. The minimum Gasteiger partial charge on any atom is -0.0622 e. The highest BCUT2D eigenvalue weighted by Crippen LogP contribution is 2.50. The van der Waals surface area contributed by atoms with Crippen LogP contribution in [0.25, 0.3) is 44.5 Å². The van der Waals surface area contributed by atoms with Gasteiger partial charge in [-0.15, -0.1) is 0 Å². The van der Waals surface area contributed by atoms with Crippen molar-refractivity contribution >= 4 is 0 Å². The van der Waals surface area contributed by atoms with Crippen LogP contribution >= 0.6 is 0 Å². The lowest BCUT2D eigenvalue weighted by Gasteiger charge is -2.24. The van der Waals surface area contributed by atoms with Crippen LogP contribution in [0.3, 0.4) is 0 Å². The summed E-state index contributed by atoms with van der Waals surface area (Å²) in [6.07, 6.45) is 0.964. The highest BCUT2D eigenvalue weighted by atomic mass is 14.3. The largest absolute Gasteiger partial charge is 0.0622 e. The van der Waals surface area contributed by atoms with Crippen molar-refractivity contribution in [1.29, 1.82) is 0 Å². The lowest BCUT2D eigenvalue weighted by molar-refractivity contribution is 0.590. The molecule has 5 aromatic rings. The fourth-order valence-electron chi connectivity index (χ4n) is 6.01. The second kappa shape index (κ2) is 9.38. The molecule has 0 unspecified atom stereocenters. The molecule has 5 aromatic carbocycles. The summed E-state index contributed by atoms with van der Waals surface area (Å²) < 4.78 is 0. The van der Waals surface area contributed by atoms with Crippen LogP contribution < -0.4 is 0 Å². The lowest BCUT2D eigenvalue weighted by atomic mass is 9.80. The third-order valence-corrected chi connectivity index (χ3v) is 8.27. The van der Waals surface area contributed by atoms with E-state index in [1.165, 1.54) is 66.8 Å². The molecule has 0 saturated heterocycles. The Hall–Kier alpha value is -3.90. The molecule has 6 rings (SSSR count). The van der Waals surface area contributed by atoms with Crippen molar-refractivity contribution in [2.45, 2.75) is 58.8 Å². The summed E-state index contributed by atoms with van der Waals surface area (Å²) in [6, 6.07) is 41.0. The van der Waals surface area contributed by atoms with E-state index in [0.717, 1.165) is 6.42 Å². The van der Waals surface area contributed by atoms with Gasteiger partial charge < -0.3 is 0 Å².